The zero-order valence-corrected chi connectivity index (χ0v) is 10.9. The van der Waals surface area contributed by atoms with Gasteiger partial charge in [-0.2, -0.15) is 0 Å². The Labute approximate surface area is 104 Å². The second kappa shape index (κ2) is 5.69. The number of nitrogens with zero attached hydrogens (tertiary/aromatic N) is 1. The molecule has 2 unspecified atom stereocenters. The maximum absolute atomic E-state index is 6.10. The molecule has 0 aliphatic heterocycles. The van der Waals surface area contributed by atoms with Gasteiger partial charge >= 0.3 is 0 Å². The monoisotopic (exact) mass is 236 g/mol. The zero-order chi connectivity index (χ0) is 12.3. The normalized spacial score (nSPS) is 20.9. The SMILES string of the molecule is CC(N)C(c1ccco1)N(C)CC1CCCC1. The van der Waals surface area contributed by atoms with Crippen LogP contribution in [0.15, 0.2) is 22.8 Å². The van der Waals surface area contributed by atoms with Gasteiger partial charge in [0.2, 0.25) is 0 Å². The first kappa shape index (κ1) is 12.7. The molecule has 1 aromatic heterocycles. The minimum atomic E-state index is 0.0903. The molecular formula is C14H24N2O. The van der Waals surface area contributed by atoms with E-state index in [1.165, 1.54) is 25.7 Å². The van der Waals surface area contributed by atoms with Crippen molar-refractivity contribution in [3.63, 3.8) is 0 Å². The summed E-state index contributed by atoms with van der Waals surface area (Å²) in [7, 11) is 2.16. The molecule has 2 atom stereocenters. The van der Waals surface area contributed by atoms with Crippen LogP contribution in [0.4, 0.5) is 0 Å². The third-order valence-corrected chi connectivity index (χ3v) is 3.83. The van der Waals surface area contributed by atoms with Crippen LogP contribution in [0.25, 0.3) is 0 Å². The standard InChI is InChI=1S/C14H24N2O/c1-11(15)14(13-8-5-9-17-13)16(2)10-12-6-3-4-7-12/h5,8-9,11-12,14H,3-4,6-7,10,15H2,1-2H3. The van der Waals surface area contributed by atoms with Crippen molar-refractivity contribution in [2.24, 2.45) is 11.7 Å². The number of likely N-dealkylation sites (N-methyl/N-ethyl adjacent to an activating group) is 1. The highest BCUT2D eigenvalue weighted by Crippen LogP contribution is 2.29. The summed E-state index contributed by atoms with van der Waals surface area (Å²) in [6.45, 7) is 3.19. The predicted octanol–water partition coefficient (Wildman–Crippen LogP) is 2.79. The summed E-state index contributed by atoms with van der Waals surface area (Å²) in [5.74, 6) is 1.83. The minimum absolute atomic E-state index is 0.0903. The van der Waals surface area contributed by atoms with E-state index >= 15 is 0 Å². The van der Waals surface area contributed by atoms with Crippen molar-refractivity contribution >= 4 is 0 Å². The van der Waals surface area contributed by atoms with Crippen LogP contribution in [0, 0.1) is 5.92 Å². The lowest BCUT2D eigenvalue weighted by molar-refractivity contribution is 0.166. The van der Waals surface area contributed by atoms with E-state index in [1.54, 1.807) is 6.26 Å². The largest absolute Gasteiger partial charge is 0.468 e. The smallest absolute Gasteiger partial charge is 0.122 e. The van der Waals surface area contributed by atoms with E-state index in [1.807, 2.05) is 12.1 Å². The zero-order valence-electron chi connectivity index (χ0n) is 10.9. The van der Waals surface area contributed by atoms with E-state index in [2.05, 4.69) is 18.9 Å². The number of furan rings is 1. The maximum atomic E-state index is 6.10. The Balaban J connectivity index is 2.00. The molecule has 0 amide bonds. The summed E-state index contributed by atoms with van der Waals surface area (Å²) in [5, 5.41) is 0. The minimum Gasteiger partial charge on any atom is -0.468 e. The summed E-state index contributed by atoms with van der Waals surface area (Å²) in [6, 6.07) is 4.26. The number of nitrogens with two attached hydrogens (primary N) is 1. The van der Waals surface area contributed by atoms with E-state index in [4.69, 9.17) is 10.2 Å². The average molecular weight is 236 g/mol. The average Bonchev–Trinajstić information content (AvgIpc) is 2.89. The quantitative estimate of drug-likeness (QED) is 0.854. The molecule has 0 spiro atoms. The summed E-state index contributed by atoms with van der Waals surface area (Å²) in [5.41, 5.74) is 6.10. The molecule has 3 nitrogen and oxygen atoms in total. The van der Waals surface area contributed by atoms with Crippen LogP contribution < -0.4 is 5.73 Å². The van der Waals surface area contributed by atoms with Gasteiger partial charge in [-0.1, -0.05) is 12.8 Å². The summed E-state index contributed by atoms with van der Waals surface area (Å²) in [6.07, 6.45) is 7.25. The van der Waals surface area contributed by atoms with Crippen LogP contribution >= 0.6 is 0 Å². The molecule has 2 N–H and O–H groups in total. The van der Waals surface area contributed by atoms with Crippen LogP contribution in [-0.4, -0.2) is 24.5 Å². The molecule has 96 valence electrons. The molecule has 3 heteroatoms. The lowest BCUT2D eigenvalue weighted by Crippen LogP contribution is -2.39. The molecule has 0 radical (unpaired) electrons. The van der Waals surface area contributed by atoms with Gasteiger partial charge in [0.05, 0.1) is 12.3 Å². The fourth-order valence-corrected chi connectivity index (χ4v) is 3.05. The summed E-state index contributed by atoms with van der Waals surface area (Å²) in [4.78, 5) is 2.36. The highest BCUT2D eigenvalue weighted by Gasteiger charge is 2.26. The molecule has 1 saturated carbocycles. The van der Waals surface area contributed by atoms with Gasteiger partial charge in [0.1, 0.15) is 5.76 Å². The third kappa shape index (κ3) is 3.11. The lowest BCUT2D eigenvalue weighted by atomic mass is 10.0. The first-order valence-electron chi connectivity index (χ1n) is 6.67. The molecule has 1 aromatic rings. The maximum Gasteiger partial charge on any atom is 0.122 e. The van der Waals surface area contributed by atoms with E-state index in [0.29, 0.717) is 0 Å². The van der Waals surface area contributed by atoms with Gasteiger partial charge in [0.25, 0.3) is 0 Å². The van der Waals surface area contributed by atoms with Crippen LogP contribution in [0.1, 0.15) is 44.4 Å². The Hall–Kier alpha value is -0.800. The lowest BCUT2D eigenvalue weighted by Gasteiger charge is -2.31. The third-order valence-electron chi connectivity index (χ3n) is 3.83. The van der Waals surface area contributed by atoms with Gasteiger partial charge in [0, 0.05) is 12.6 Å². The topological polar surface area (TPSA) is 42.4 Å². The van der Waals surface area contributed by atoms with E-state index in [0.717, 1.165) is 18.2 Å². The fraction of sp³-hybridized carbons (Fsp3) is 0.714. The van der Waals surface area contributed by atoms with Gasteiger partial charge in [-0.25, -0.2) is 0 Å². The molecule has 17 heavy (non-hydrogen) atoms. The van der Waals surface area contributed by atoms with E-state index in [9.17, 15) is 0 Å². The van der Waals surface area contributed by atoms with Crippen molar-refractivity contribution in [3.8, 4) is 0 Å². The highest BCUT2D eigenvalue weighted by molar-refractivity contribution is 5.07. The first-order chi connectivity index (χ1) is 8.18. The molecule has 0 saturated heterocycles. The Morgan fingerprint density at radius 3 is 2.71 bits per heavy atom. The van der Waals surface area contributed by atoms with Crippen molar-refractivity contribution in [2.45, 2.75) is 44.7 Å². The van der Waals surface area contributed by atoms with Crippen molar-refractivity contribution in [1.29, 1.82) is 0 Å². The molecule has 2 rings (SSSR count). The number of hydrogen-bond donors (Lipinski definition) is 1. The molecule has 1 fully saturated rings. The number of hydrogen-bond acceptors (Lipinski definition) is 3. The van der Waals surface area contributed by atoms with E-state index < -0.39 is 0 Å². The molecule has 1 aliphatic carbocycles. The molecule has 1 aliphatic rings. The fourth-order valence-electron chi connectivity index (χ4n) is 3.05. The summed E-state index contributed by atoms with van der Waals surface area (Å²) < 4.78 is 5.52. The van der Waals surface area contributed by atoms with Crippen molar-refractivity contribution in [1.82, 2.24) is 4.90 Å². The van der Waals surface area contributed by atoms with Crippen molar-refractivity contribution in [3.05, 3.63) is 24.2 Å². The van der Waals surface area contributed by atoms with Crippen LogP contribution in [0.2, 0.25) is 0 Å². The molecule has 0 bridgehead atoms. The van der Waals surface area contributed by atoms with Crippen LogP contribution in [-0.2, 0) is 0 Å². The van der Waals surface area contributed by atoms with Gasteiger partial charge in [-0.15, -0.1) is 0 Å². The van der Waals surface area contributed by atoms with E-state index in [-0.39, 0.29) is 12.1 Å². The molecular weight excluding hydrogens is 212 g/mol. The Morgan fingerprint density at radius 1 is 1.47 bits per heavy atom. The first-order valence-corrected chi connectivity index (χ1v) is 6.67. The van der Waals surface area contributed by atoms with Gasteiger partial charge in [-0.3, -0.25) is 4.90 Å². The summed E-state index contributed by atoms with van der Waals surface area (Å²) >= 11 is 0. The Bertz CT molecular complexity index is 315. The second-order valence-electron chi connectivity index (χ2n) is 5.41. The highest BCUT2D eigenvalue weighted by atomic mass is 16.3. The Morgan fingerprint density at radius 2 is 2.18 bits per heavy atom. The molecule has 0 aromatic carbocycles. The van der Waals surface area contributed by atoms with Crippen LogP contribution in [0.3, 0.4) is 0 Å². The van der Waals surface area contributed by atoms with Crippen molar-refractivity contribution in [2.75, 3.05) is 13.6 Å². The van der Waals surface area contributed by atoms with Gasteiger partial charge in [0.15, 0.2) is 0 Å². The van der Waals surface area contributed by atoms with Gasteiger partial charge < -0.3 is 10.2 Å². The second-order valence-corrected chi connectivity index (χ2v) is 5.41. The Kier molecular flexibility index (Phi) is 4.24. The van der Waals surface area contributed by atoms with Crippen molar-refractivity contribution < 1.29 is 4.42 Å². The molecule has 1 heterocycles. The van der Waals surface area contributed by atoms with Gasteiger partial charge in [-0.05, 0) is 44.9 Å². The predicted molar refractivity (Wildman–Crippen MR) is 69.7 cm³/mol. The van der Waals surface area contributed by atoms with Crippen LogP contribution in [0.5, 0.6) is 0 Å². The number of rotatable bonds is 5.